The third-order valence-corrected chi connectivity index (χ3v) is 3.44. The van der Waals surface area contributed by atoms with E-state index in [2.05, 4.69) is 5.10 Å². The minimum Gasteiger partial charge on any atom is -0.387 e. The minimum absolute atomic E-state index is 0.0134. The van der Waals surface area contributed by atoms with Crippen molar-refractivity contribution in [2.45, 2.75) is 6.43 Å². The summed E-state index contributed by atoms with van der Waals surface area (Å²) in [7, 11) is 0. The highest BCUT2D eigenvalue weighted by Crippen LogP contribution is 2.30. The molecule has 0 unspecified atom stereocenters. The Balaban J connectivity index is 2.19. The standard InChI is InChI=1S/C15H8ClF3N2O2/c16-9-5-3-6-10(17)12(9)14-20-21(15(22)23-14)11-7-2-1-4-8(11)13(18)19/h1-7,13H. The Labute approximate surface area is 132 Å². The molecular formula is C15H8ClF3N2O2. The quantitative estimate of drug-likeness (QED) is 0.717. The van der Waals surface area contributed by atoms with Crippen LogP contribution in [0.4, 0.5) is 13.2 Å². The zero-order chi connectivity index (χ0) is 16.6. The molecule has 1 heterocycles. The molecule has 0 spiro atoms. The maximum Gasteiger partial charge on any atom is 0.442 e. The van der Waals surface area contributed by atoms with Gasteiger partial charge in [-0.15, -0.1) is 5.10 Å². The van der Waals surface area contributed by atoms with Gasteiger partial charge in [-0.3, -0.25) is 0 Å². The second-order valence-corrected chi connectivity index (χ2v) is 4.95. The molecule has 0 saturated heterocycles. The fourth-order valence-corrected chi connectivity index (χ4v) is 2.34. The molecule has 8 heteroatoms. The van der Waals surface area contributed by atoms with Crippen molar-refractivity contribution in [3.05, 3.63) is 69.4 Å². The van der Waals surface area contributed by atoms with Crippen molar-refractivity contribution >= 4 is 11.6 Å². The van der Waals surface area contributed by atoms with Gasteiger partial charge in [0.15, 0.2) is 0 Å². The molecule has 0 atom stereocenters. The molecule has 0 amide bonds. The third-order valence-electron chi connectivity index (χ3n) is 3.12. The highest BCUT2D eigenvalue weighted by molar-refractivity contribution is 6.33. The number of hydrogen-bond donors (Lipinski definition) is 0. The van der Waals surface area contributed by atoms with Crippen molar-refractivity contribution in [1.29, 1.82) is 0 Å². The highest BCUT2D eigenvalue weighted by atomic mass is 35.5. The second kappa shape index (κ2) is 5.92. The van der Waals surface area contributed by atoms with Crippen molar-refractivity contribution in [1.82, 2.24) is 9.78 Å². The maximum atomic E-state index is 13.9. The van der Waals surface area contributed by atoms with Gasteiger partial charge in [-0.05, 0) is 18.2 Å². The summed E-state index contributed by atoms with van der Waals surface area (Å²) in [6, 6.07) is 9.22. The Morgan fingerprint density at radius 2 is 1.87 bits per heavy atom. The number of rotatable bonds is 3. The molecule has 0 N–H and O–H groups in total. The average Bonchev–Trinajstić information content (AvgIpc) is 2.88. The van der Waals surface area contributed by atoms with Crippen LogP contribution >= 0.6 is 11.6 Å². The van der Waals surface area contributed by atoms with Crippen LogP contribution in [0, 0.1) is 5.82 Å². The predicted molar refractivity (Wildman–Crippen MR) is 77.5 cm³/mol. The first-order chi connectivity index (χ1) is 11.0. The maximum absolute atomic E-state index is 13.9. The topological polar surface area (TPSA) is 48.0 Å². The largest absolute Gasteiger partial charge is 0.442 e. The number of aromatic nitrogens is 2. The van der Waals surface area contributed by atoms with E-state index in [-0.39, 0.29) is 22.2 Å². The Morgan fingerprint density at radius 3 is 2.57 bits per heavy atom. The number of para-hydroxylation sites is 1. The van der Waals surface area contributed by atoms with Gasteiger partial charge >= 0.3 is 5.76 Å². The first kappa shape index (κ1) is 15.4. The van der Waals surface area contributed by atoms with Gasteiger partial charge in [0.25, 0.3) is 12.3 Å². The number of nitrogens with zero attached hydrogens (tertiary/aromatic N) is 2. The van der Waals surface area contributed by atoms with E-state index in [1.165, 1.54) is 30.3 Å². The van der Waals surface area contributed by atoms with Gasteiger partial charge in [0, 0.05) is 5.56 Å². The summed E-state index contributed by atoms with van der Waals surface area (Å²) in [6.45, 7) is 0. The average molecular weight is 341 g/mol. The SMILES string of the molecule is O=c1oc(-c2c(F)cccc2Cl)nn1-c1ccccc1C(F)F. The van der Waals surface area contributed by atoms with Gasteiger partial charge < -0.3 is 4.42 Å². The Bertz CT molecular complexity index is 901. The van der Waals surface area contributed by atoms with Crippen molar-refractivity contribution < 1.29 is 17.6 Å². The van der Waals surface area contributed by atoms with E-state index >= 15 is 0 Å². The molecule has 0 radical (unpaired) electrons. The van der Waals surface area contributed by atoms with Crippen molar-refractivity contribution in [2.24, 2.45) is 0 Å². The molecule has 2 aromatic carbocycles. The monoisotopic (exact) mass is 340 g/mol. The Hall–Kier alpha value is -2.54. The van der Waals surface area contributed by atoms with E-state index in [0.29, 0.717) is 4.68 Å². The molecule has 0 aliphatic heterocycles. The molecule has 118 valence electrons. The third kappa shape index (κ3) is 2.75. The van der Waals surface area contributed by atoms with Crippen molar-refractivity contribution in [3.8, 4) is 17.1 Å². The number of halogens is 4. The molecule has 3 rings (SSSR count). The second-order valence-electron chi connectivity index (χ2n) is 4.54. The fourth-order valence-electron chi connectivity index (χ4n) is 2.10. The smallest absolute Gasteiger partial charge is 0.387 e. The van der Waals surface area contributed by atoms with Crippen LogP contribution in [0.5, 0.6) is 0 Å². The lowest BCUT2D eigenvalue weighted by Crippen LogP contribution is -2.15. The summed E-state index contributed by atoms with van der Waals surface area (Å²) in [5.41, 5.74) is -0.747. The molecule has 23 heavy (non-hydrogen) atoms. The molecule has 0 aliphatic carbocycles. The highest BCUT2D eigenvalue weighted by Gasteiger charge is 2.21. The van der Waals surface area contributed by atoms with Gasteiger partial charge in [-0.1, -0.05) is 35.9 Å². The normalized spacial score (nSPS) is 11.2. The molecular weight excluding hydrogens is 333 g/mol. The van der Waals surface area contributed by atoms with Crippen LogP contribution < -0.4 is 5.76 Å². The van der Waals surface area contributed by atoms with Gasteiger partial charge in [0.1, 0.15) is 5.82 Å². The lowest BCUT2D eigenvalue weighted by atomic mass is 10.2. The van der Waals surface area contributed by atoms with Crippen LogP contribution in [0.1, 0.15) is 12.0 Å². The van der Waals surface area contributed by atoms with Crippen LogP contribution in [-0.2, 0) is 0 Å². The van der Waals surface area contributed by atoms with E-state index < -0.39 is 23.6 Å². The van der Waals surface area contributed by atoms with E-state index in [9.17, 15) is 18.0 Å². The lowest BCUT2D eigenvalue weighted by Gasteiger charge is -2.06. The number of hydrogen-bond acceptors (Lipinski definition) is 3. The zero-order valence-corrected chi connectivity index (χ0v) is 12.1. The van der Waals surface area contributed by atoms with Gasteiger partial charge in [-0.25, -0.2) is 18.0 Å². The van der Waals surface area contributed by atoms with Crippen LogP contribution in [0.2, 0.25) is 5.02 Å². The van der Waals surface area contributed by atoms with Crippen molar-refractivity contribution in [3.63, 3.8) is 0 Å². The van der Waals surface area contributed by atoms with E-state index in [4.69, 9.17) is 16.0 Å². The van der Waals surface area contributed by atoms with Crippen LogP contribution in [0.3, 0.4) is 0 Å². The van der Waals surface area contributed by atoms with Crippen LogP contribution in [0.15, 0.2) is 51.7 Å². The summed E-state index contributed by atoms with van der Waals surface area (Å²) in [6.07, 6.45) is -2.81. The molecule has 0 aliphatic rings. The summed E-state index contributed by atoms with van der Waals surface area (Å²) in [5.74, 6) is -2.15. The molecule has 0 bridgehead atoms. The van der Waals surface area contributed by atoms with Gasteiger partial charge in [0.2, 0.25) is 0 Å². The Kier molecular flexibility index (Phi) is 3.96. The first-order valence-corrected chi connectivity index (χ1v) is 6.79. The molecule has 0 fully saturated rings. The van der Waals surface area contributed by atoms with E-state index in [1.807, 2.05) is 0 Å². The van der Waals surface area contributed by atoms with E-state index in [1.54, 1.807) is 0 Å². The van der Waals surface area contributed by atoms with Gasteiger partial charge in [0.05, 0.1) is 16.3 Å². The summed E-state index contributed by atoms with van der Waals surface area (Å²) >= 11 is 5.88. The number of alkyl halides is 2. The van der Waals surface area contributed by atoms with Crippen molar-refractivity contribution in [2.75, 3.05) is 0 Å². The van der Waals surface area contributed by atoms with Gasteiger partial charge in [-0.2, -0.15) is 4.68 Å². The van der Waals surface area contributed by atoms with Crippen LogP contribution in [0.25, 0.3) is 17.1 Å². The molecule has 3 aromatic rings. The summed E-state index contributed by atoms with van der Waals surface area (Å²) in [4.78, 5) is 11.9. The van der Waals surface area contributed by atoms with E-state index in [0.717, 1.165) is 12.1 Å². The fraction of sp³-hybridized carbons (Fsp3) is 0.0667. The first-order valence-electron chi connectivity index (χ1n) is 6.41. The molecule has 0 saturated carbocycles. The lowest BCUT2D eigenvalue weighted by molar-refractivity contribution is 0.151. The summed E-state index contributed by atoms with van der Waals surface area (Å²) in [5, 5.41) is 3.78. The Morgan fingerprint density at radius 1 is 1.13 bits per heavy atom. The predicted octanol–water partition coefficient (Wildman–Crippen LogP) is 4.22. The molecule has 1 aromatic heterocycles. The summed E-state index contributed by atoms with van der Waals surface area (Å²) < 4.78 is 45.5. The number of benzene rings is 2. The van der Waals surface area contributed by atoms with Crippen LogP contribution in [-0.4, -0.2) is 9.78 Å². The minimum atomic E-state index is -2.81. The zero-order valence-electron chi connectivity index (χ0n) is 11.3. The molecule has 4 nitrogen and oxygen atoms in total.